The first-order chi connectivity index (χ1) is 9.38. The lowest BCUT2D eigenvalue weighted by Crippen LogP contribution is -2.05. The van der Waals surface area contributed by atoms with Crippen LogP contribution < -0.4 is 0 Å². The monoisotopic (exact) mass is 288 g/mol. The maximum absolute atomic E-state index is 10.5. The Morgan fingerprint density at radius 3 is 2.10 bits per heavy atom. The van der Waals surface area contributed by atoms with Gasteiger partial charge in [-0.25, -0.2) is 0 Å². The molecule has 0 bridgehead atoms. The van der Waals surface area contributed by atoms with Gasteiger partial charge in [0.05, 0.1) is 6.10 Å². The lowest BCUT2D eigenvalue weighted by molar-refractivity contribution is 0.178. The molecule has 1 N–H and O–H groups in total. The fourth-order valence-corrected chi connectivity index (χ4v) is 2.84. The van der Waals surface area contributed by atoms with Crippen molar-refractivity contribution < 1.29 is 5.11 Å². The largest absolute Gasteiger partial charge is 0.388 e. The molecule has 1 nitrogen and oxygen atoms in total. The smallest absolute Gasteiger partial charge is 0.0830 e. The minimum atomic E-state index is -0.494. The van der Waals surface area contributed by atoms with Gasteiger partial charge in [0.1, 0.15) is 0 Å². The number of hydrogen-bond acceptors (Lipinski definition) is 1. The first-order valence-electron chi connectivity index (χ1n) is 6.89. The van der Waals surface area contributed by atoms with E-state index in [1.165, 1.54) is 22.3 Å². The summed E-state index contributed by atoms with van der Waals surface area (Å²) < 4.78 is 0. The van der Waals surface area contributed by atoms with Gasteiger partial charge in [0.25, 0.3) is 0 Å². The van der Waals surface area contributed by atoms with Crippen LogP contribution in [-0.4, -0.2) is 5.11 Å². The first kappa shape index (κ1) is 15.1. The topological polar surface area (TPSA) is 20.2 Å². The van der Waals surface area contributed by atoms with Crippen LogP contribution in [0.15, 0.2) is 30.3 Å². The fourth-order valence-electron chi connectivity index (χ4n) is 2.72. The maximum atomic E-state index is 10.5. The summed E-state index contributed by atoms with van der Waals surface area (Å²) >= 11 is 6.03. The van der Waals surface area contributed by atoms with Crippen molar-refractivity contribution in [2.24, 2.45) is 0 Å². The van der Waals surface area contributed by atoms with Gasteiger partial charge in [-0.05, 0) is 61.6 Å². The second-order valence-electron chi connectivity index (χ2n) is 5.61. The third kappa shape index (κ3) is 3.23. The van der Waals surface area contributed by atoms with Crippen molar-refractivity contribution in [2.45, 2.75) is 40.2 Å². The quantitative estimate of drug-likeness (QED) is 0.856. The van der Waals surface area contributed by atoms with Crippen LogP contribution in [0.5, 0.6) is 0 Å². The van der Waals surface area contributed by atoms with Crippen LogP contribution in [0.25, 0.3) is 0 Å². The van der Waals surface area contributed by atoms with Gasteiger partial charge in [-0.1, -0.05) is 41.4 Å². The summed E-state index contributed by atoms with van der Waals surface area (Å²) in [6, 6.07) is 10.1. The van der Waals surface area contributed by atoms with Crippen molar-refractivity contribution in [2.75, 3.05) is 0 Å². The predicted molar refractivity (Wildman–Crippen MR) is 85.5 cm³/mol. The van der Waals surface area contributed by atoms with Crippen molar-refractivity contribution in [1.82, 2.24) is 0 Å². The number of rotatable bonds is 3. The summed E-state index contributed by atoms with van der Waals surface area (Å²) in [6.45, 7) is 8.27. The molecule has 2 aromatic carbocycles. The van der Waals surface area contributed by atoms with Gasteiger partial charge < -0.3 is 5.11 Å². The molecule has 1 unspecified atom stereocenters. The highest BCUT2D eigenvalue weighted by Gasteiger charge is 2.13. The Hall–Kier alpha value is -1.31. The molecule has 0 saturated carbocycles. The molecule has 0 heterocycles. The molecule has 106 valence electrons. The third-order valence-corrected chi connectivity index (χ3v) is 4.23. The Bertz CT molecular complexity index is 608. The van der Waals surface area contributed by atoms with Gasteiger partial charge in [-0.3, -0.25) is 0 Å². The maximum Gasteiger partial charge on any atom is 0.0830 e. The van der Waals surface area contributed by atoms with Crippen molar-refractivity contribution in [3.8, 4) is 0 Å². The van der Waals surface area contributed by atoms with Crippen LogP contribution in [0.4, 0.5) is 0 Å². The average molecular weight is 289 g/mol. The van der Waals surface area contributed by atoms with Gasteiger partial charge in [0, 0.05) is 11.4 Å². The van der Waals surface area contributed by atoms with E-state index in [2.05, 4.69) is 32.9 Å². The highest BCUT2D eigenvalue weighted by Crippen LogP contribution is 2.26. The van der Waals surface area contributed by atoms with E-state index in [4.69, 9.17) is 11.6 Å². The number of aryl methyl sites for hydroxylation is 4. The molecule has 2 heteroatoms. The van der Waals surface area contributed by atoms with Crippen LogP contribution in [0.2, 0.25) is 5.02 Å². The second kappa shape index (κ2) is 5.99. The SMILES string of the molecule is Cc1cc(C)c(CC(O)c2ccc(Cl)c(C)c2)c(C)c1. The van der Waals surface area contributed by atoms with E-state index in [1.54, 1.807) is 0 Å². The Morgan fingerprint density at radius 2 is 1.55 bits per heavy atom. The van der Waals surface area contributed by atoms with Crippen LogP contribution in [0, 0.1) is 27.7 Å². The molecule has 0 aliphatic rings. The molecule has 0 saturated heterocycles. The van der Waals surface area contributed by atoms with E-state index in [0.717, 1.165) is 16.1 Å². The Balaban J connectivity index is 2.27. The molecular formula is C18H21ClO. The molecule has 20 heavy (non-hydrogen) atoms. The van der Waals surface area contributed by atoms with Gasteiger partial charge in [0.2, 0.25) is 0 Å². The van der Waals surface area contributed by atoms with Crippen molar-refractivity contribution in [3.63, 3.8) is 0 Å². The van der Waals surface area contributed by atoms with E-state index < -0.39 is 6.10 Å². The number of hydrogen-bond donors (Lipinski definition) is 1. The van der Waals surface area contributed by atoms with Crippen molar-refractivity contribution in [1.29, 1.82) is 0 Å². The number of halogens is 1. The van der Waals surface area contributed by atoms with Gasteiger partial charge in [-0.15, -0.1) is 0 Å². The normalized spacial score (nSPS) is 12.5. The second-order valence-corrected chi connectivity index (χ2v) is 6.01. The van der Waals surface area contributed by atoms with Gasteiger partial charge >= 0.3 is 0 Å². The van der Waals surface area contributed by atoms with E-state index >= 15 is 0 Å². The lowest BCUT2D eigenvalue weighted by atomic mass is 9.92. The first-order valence-corrected chi connectivity index (χ1v) is 7.27. The molecule has 0 fully saturated rings. The molecule has 0 amide bonds. The molecule has 0 radical (unpaired) electrons. The van der Waals surface area contributed by atoms with Crippen molar-refractivity contribution in [3.05, 3.63) is 68.7 Å². The molecular weight excluding hydrogens is 268 g/mol. The molecule has 0 aromatic heterocycles. The van der Waals surface area contributed by atoms with Crippen molar-refractivity contribution >= 4 is 11.6 Å². The lowest BCUT2D eigenvalue weighted by Gasteiger charge is -2.16. The molecule has 2 rings (SSSR count). The zero-order valence-corrected chi connectivity index (χ0v) is 13.3. The van der Waals surface area contributed by atoms with Crippen LogP contribution >= 0.6 is 11.6 Å². The fraction of sp³-hybridized carbons (Fsp3) is 0.333. The molecule has 0 aliphatic heterocycles. The Kier molecular flexibility index (Phi) is 4.52. The van der Waals surface area contributed by atoms with E-state index in [-0.39, 0.29) is 0 Å². The summed E-state index contributed by atoms with van der Waals surface area (Å²) in [7, 11) is 0. The summed E-state index contributed by atoms with van der Waals surface area (Å²) in [6.07, 6.45) is 0.144. The van der Waals surface area contributed by atoms with Gasteiger partial charge in [-0.2, -0.15) is 0 Å². The predicted octanol–water partition coefficient (Wildman–Crippen LogP) is 4.85. The number of benzene rings is 2. The minimum Gasteiger partial charge on any atom is -0.388 e. The van der Waals surface area contributed by atoms with E-state index in [0.29, 0.717) is 6.42 Å². The van der Waals surface area contributed by atoms with Crippen LogP contribution in [-0.2, 0) is 6.42 Å². The van der Waals surface area contributed by atoms with Gasteiger partial charge in [0.15, 0.2) is 0 Å². The van der Waals surface area contributed by atoms with Crippen LogP contribution in [0.3, 0.4) is 0 Å². The summed E-state index contributed by atoms with van der Waals surface area (Å²) in [5.74, 6) is 0. The highest BCUT2D eigenvalue weighted by molar-refractivity contribution is 6.31. The molecule has 2 aromatic rings. The standard InChI is InChI=1S/C18H21ClO/c1-11-7-12(2)16(13(3)8-11)10-18(20)15-5-6-17(19)14(4)9-15/h5-9,18,20H,10H2,1-4H3. The summed E-state index contributed by atoms with van der Waals surface area (Å²) in [4.78, 5) is 0. The Labute approximate surface area is 126 Å². The summed E-state index contributed by atoms with van der Waals surface area (Å²) in [5.41, 5.74) is 6.91. The van der Waals surface area contributed by atoms with E-state index in [9.17, 15) is 5.11 Å². The number of aliphatic hydroxyl groups is 1. The molecule has 0 spiro atoms. The molecule has 0 aliphatic carbocycles. The minimum absolute atomic E-state index is 0.494. The zero-order valence-electron chi connectivity index (χ0n) is 12.5. The zero-order chi connectivity index (χ0) is 14.9. The molecule has 1 atom stereocenters. The number of aliphatic hydroxyl groups excluding tert-OH is 1. The van der Waals surface area contributed by atoms with E-state index in [1.807, 2.05) is 25.1 Å². The highest BCUT2D eigenvalue weighted by atomic mass is 35.5. The Morgan fingerprint density at radius 1 is 0.950 bits per heavy atom. The summed E-state index contributed by atoms with van der Waals surface area (Å²) in [5, 5.41) is 11.2. The third-order valence-electron chi connectivity index (χ3n) is 3.80. The van der Waals surface area contributed by atoms with Crippen LogP contribution in [0.1, 0.15) is 39.5 Å². The average Bonchev–Trinajstić information content (AvgIpc) is 2.36.